The smallest absolute Gasteiger partial charge is 0.408 e. The van der Waals surface area contributed by atoms with Crippen molar-refractivity contribution in [2.45, 2.75) is 12.0 Å². The first-order valence-corrected chi connectivity index (χ1v) is 9.75. The molecule has 1 amide bonds. The van der Waals surface area contributed by atoms with Crippen LogP contribution in [0, 0.1) is 0 Å². The molecule has 5 rings (SSSR count). The Morgan fingerprint density at radius 3 is 2.42 bits per heavy atom. The van der Waals surface area contributed by atoms with Crippen molar-refractivity contribution in [2.24, 2.45) is 0 Å². The number of aromatic nitrogens is 3. The second-order valence-electron chi connectivity index (χ2n) is 7.26. The zero-order chi connectivity index (χ0) is 21.4. The van der Waals surface area contributed by atoms with Crippen molar-refractivity contribution in [1.29, 1.82) is 0 Å². The summed E-state index contributed by atoms with van der Waals surface area (Å²) in [5.41, 5.74) is 5.28. The molecule has 2 aromatic carbocycles. The quantitative estimate of drug-likeness (QED) is 0.519. The predicted molar refractivity (Wildman–Crippen MR) is 112 cm³/mol. The molecule has 1 atom stereocenters. The molecular weight excluding hydrogens is 396 g/mol. The molecule has 0 radical (unpaired) electrons. The number of pyridine rings is 1. The van der Waals surface area contributed by atoms with Gasteiger partial charge in [-0.1, -0.05) is 48.5 Å². The average Bonchev–Trinajstić information content (AvgIpc) is 3.38. The monoisotopic (exact) mass is 414 g/mol. The van der Waals surface area contributed by atoms with Crippen molar-refractivity contribution in [3.63, 3.8) is 0 Å². The molecule has 1 aliphatic rings. The summed E-state index contributed by atoms with van der Waals surface area (Å²) in [6.07, 6.45) is 2.16. The van der Waals surface area contributed by atoms with Crippen molar-refractivity contribution in [3.8, 4) is 11.1 Å². The van der Waals surface area contributed by atoms with E-state index in [2.05, 4.69) is 27.5 Å². The van der Waals surface area contributed by atoms with E-state index in [1.807, 2.05) is 36.4 Å². The lowest BCUT2D eigenvalue weighted by Crippen LogP contribution is -2.34. The number of nitrogens with zero attached hydrogens (tertiary/aromatic N) is 3. The van der Waals surface area contributed by atoms with E-state index in [0.717, 1.165) is 22.3 Å². The molecule has 4 aromatic rings. The number of amides is 1. The highest BCUT2D eigenvalue weighted by atomic mass is 16.5. The molecule has 0 spiro atoms. The van der Waals surface area contributed by atoms with Gasteiger partial charge in [-0.2, -0.15) is 5.10 Å². The Kier molecular flexibility index (Phi) is 4.59. The lowest BCUT2D eigenvalue weighted by Gasteiger charge is -2.17. The molecule has 0 saturated carbocycles. The van der Waals surface area contributed by atoms with Crippen molar-refractivity contribution in [1.82, 2.24) is 19.9 Å². The molecule has 154 valence electrons. The van der Waals surface area contributed by atoms with E-state index in [1.54, 1.807) is 18.3 Å². The maximum atomic E-state index is 12.5. The van der Waals surface area contributed by atoms with E-state index in [1.165, 1.54) is 10.8 Å². The molecule has 2 aromatic heterocycles. The second-order valence-corrected chi connectivity index (χ2v) is 7.26. The number of rotatable bonds is 5. The number of fused-ring (bicyclic) bond motifs is 4. The van der Waals surface area contributed by atoms with Gasteiger partial charge >= 0.3 is 12.1 Å². The third-order valence-corrected chi connectivity index (χ3v) is 5.49. The summed E-state index contributed by atoms with van der Waals surface area (Å²) >= 11 is 0. The van der Waals surface area contributed by atoms with Crippen molar-refractivity contribution in [2.75, 3.05) is 6.61 Å². The number of hydrogen-bond acceptors (Lipinski definition) is 5. The summed E-state index contributed by atoms with van der Waals surface area (Å²) in [5, 5.41) is 16.1. The number of alkyl carbamates (subject to hydrolysis) is 1. The largest absolute Gasteiger partial charge is 0.479 e. The van der Waals surface area contributed by atoms with Gasteiger partial charge in [0.1, 0.15) is 12.9 Å². The van der Waals surface area contributed by atoms with Crippen LogP contribution in [0.25, 0.3) is 16.8 Å². The van der Waals surface area contributed by atoms with Gasteiger partial charge in [-0.25, -0.2) is 19.1 Å². The maximum Gasteiger partial charge on any atom is 0.408 e. The van der Waals surface area contributed by atoms with Crippen LogP contribution in [-0.2, 0) is 9.53 Å². The summed E-state index contributed by atoms with van der Waals surface area (Å²) < 4.78 is 6.98. The summed E-state index contributed by atoms with van der Waals surface area (Å²) in [6, 6.07) is 17.9. The summed E-state index contributed by atoms with van der Waals surface area (Å²) in [6.45, 7) is 0.107. The first-order valence-electron chi connectivity index (χ1n) is 9.75. The highest BCUT2D eigenvalue weighted by Crippen LogP contribution is 2.44. The van der Waals surface area contributed by atoms with Crippen LogP contribution >= 0.6 is 0 Å². The highest BCUT2D eigenvalue weighted by Gasteiger charge is 2.30. The highest BCUT2D eigenvalue weighted by molar-refractivity contribution is 5.82. The number of carbonyl (C=O) groups excluding carboxylic acids is 1. The number of carboxylic acid groups (broad SMARTS) is 1. The van der Waals surface area contributed by atoms with E-state index < -0.39 is 18.1 Å². The molecule has 0 aliphatic heterocycles. The summed E-state index contributed by atoms with van der Waals surface area (Å²) in [7, 11) is 0. The van der Waals surface area contributed by atoms with Gasteiger partial charge in [0, 0.05) is 12.1 Å². The zero-order valence-electron chi connectivity index (χ0n) is 16.3. The van der Waals surface area contributed by atoms with Gasteiger partial charge in [0.05, 0.1) is 0 Å². The van der Waals surface area contributed by atoms with Gasteiger partial charge in [-0.15, -0.1) is 0 Å². The molecule has 0 fully saturated rings. The minimum atomic E-state index is -1.27. The van der Waals surface area contributed by atoms with Crippen LogP contribution in [0.1, 0.15) is 28.7 Å². The van der Waals surface area contributed by atoms with Gasteiger partial charge in [0.25, 0.3) is 0 Å². The minimum absolute atomic E-state index is 0.103. The molecule has 2 heterocycles. The standard InChI is InChI=1S/C23H18N4O4/c28-22(29)21(14-9-10-27-20(11-14)24-13-25-27)26-23(30)31-12-19-17-7-3-1-5-15(17)16-6-2-4-8-18(16)19/h1-11,13,19,21H,12H2,(H,26,30)(H,28,29). The van der Waals surface area contributed by atoms with Crippen LogP contribution in [0.5, 0.6) is 0 Å². The van der Waals surface area contributed by atoms with Crippen LogP contribution in [-0.4, -0.2) is 38.4 Å². The molecule has 1 aliphatic carbocycles. The Morgan fingerprint density at radius 1 is 1.06 bits per heavy atom. The van der Waals surface area contributed by atoms with Crippen molar-refractivity contribution in [3.05, 3.63) is 89.9 Å². The van der Waals surface area contributed by atoms with Crippen molar-refractivity contribution < 1.29 is 19.4 Å². The maximum absolute atomic E-state index is 12.5. The molecule has 0 saturated heterocycles. The number of hydrogen-bond donors (Lipinski definition) is 2. The number of nitrogens with one attached hydrogen (secondary N) is 1. The van der Waals surface area contributed by atoms with E-state index in [9.17, 15) is 14.7 Å². The first kappa shape index (κ1) is 18.8. The zero-order valence-corrected chi connectivity index (χ0v) is 16.3. The van der Waals surface area contributed by atoms with Gasteiger partial charge in [-0.3, -0.25) is 0 Å². The Labute approximate surface area is 177 Å². The van der Waals surface area contributed by atoms with E-state index >= 15 is 0 Å². The Morgan fingerprint density at radius 2 is 1.74 bits per heavy atom. The number of carbonyl (C=O) groups is 2. The number of ether oxygens (including phenoxy) is 1. The Hall–Kier alpha value is -4.20. The third kappa shape index (κ3) is 3.38. The van der Waals surface area contributed by atoms with Gasteiger partial charge < -0.3 is 15.2 Å². The lowest BCUT2D eigenvalue weighted by atomic mass is 9.98. The van der Waals surface area contributed by atoms with E-state index in [4.69, 9.17) is 4.74 Å². The van der Waals surface area contributed by atoms with Gasteiger partial charge in [-0.05, 0) is 39.9 Å². The van der Waals surface area contributed by atoms with Crippen LogP contribution < -0.4 is 5.32 Å². The van der Waals surface area contributed by atoms with Crippen LogP contribution in [0.2, 0.25) is 0 Å². The molecule has 0 bridgehead atoms. The van der Waals surface area contributed by atoms with E-state index in [0.29, 0.717) is 11.2 Å². The molecule has 31 heavy (non-hydrogen) atoms. The Balaban J connectivity index is 1.32. The third-order valence-electron chi connectivity index (χ3n) is 5.49. The number of aliphatic carboxylic acids is 1. The molecule has 2 N–H and O–H groups in total. The normalized spacial score (nSPS) is 13.4. The van der Waals surface area contributed by atoms with Crippen molar-refractivity contribution >= 4 is 17.7 Å². The topological polar surface area (TPSA) is 106 Å². The second kappa shape index (κ2) is 7.56. The first-order chi connectivity index (χ1) is 15.1. The molecule has 1 unspecified atom stereocenters. The fourth-order valence-electron chi connectivity index (χ4n) is 4.06. The predicted octanol–water partition coefficient (Wildman–Crippen LogP) is 3.39. The minimum Gasteiger partial charge on any atom is -0.479 e. The van der Waals surface area contributed by atoms with Crippen LogP contribution in [0.3, 0.4) is 0 Å². The van der Waals surface area contributed by atoms with Crippen LogP contribution in [0.15, 0.2) is 73.2 Å². The molecule has 8 heteroatoms. The number of benzene rings is 2. The summed E-state index contributed by atoms with van der Waals surface area (Å²) in [4.78, 5) is 28.3. The molecule has 8 nitrogen and oxygen atoms in total. The average molecular weight is 414 g/mol. The Bertz CT molecular complexity index is 1250. The van der Waals surface area contributed by atoms with Gasteiger partial charge in [0.15, 0.2) is 11.7 Å². The lowest BCUT2D eigenvalue weighted by molar-refractivity contribution is -0.139. The van der Waals surface area contributed by atoms with Crippen LogP contribution in [0.4, 0.5) is 4.79 Å². The van der Waals surface area contributed by atoms with E-state index in [-0.39, 0.29) is 12.5 Å². The van der Waals surface area contributed by atoms with Gasteiger partial charge in [0.2, 0.25) is 0 Å². The number of carboxylic acids is 1. The SMILES string of the molecule is O=C(NC(C(=O)O)c1ccn2ncnc2c1)OCC1c2ccccc2-c2ccccc21. The summed E-state index contributed by atoms with van der Waals surface area (Å²) in [5.74, 6) is -1.30. The fourth-order valence-corrected chi connectivity index (χ4v) is 4.06. The fraction of sp³-hybridized carbons (Fsp3) is 0.130. The molecular formula is C23H18N4O4.